The Bertz CT molecular complexity index is 349. The highest BCUT2D eigenvalue weighted by Crippen LogP contribution is 2.43. The highest BCUT2D eigenvalue weighted by Gasteiger charge is 2.48. The van der Waals surface area contributed by atoms with E-state index in [9.17, 15) is 0 Å². The van der Waals surface area contributed by atoms with E-state index in [1.165, 1.54) is 64.5 Å². The number of nitrogens with zero attached hydrogens (tertiary/aromatic N) is 1. The van der Waals surface area contributed by atoms with Crippen molar-refractivity contribution in [2.75, 3.05) is 19.7 Å². The summed E-state index contributed by atoms with van der Waals surface area (Å²) in [6.45, 7) is 5.83. The van der Waals surface area contributed by atoms with E-state index in [1.54, 1.807) is 0 Å². The molecule has 0 amide bonds. The fraction of sp³-hybridized carbons (Fsp3) is 1.00. The van der Waals surface area contributed by atoms with Gasteiger partial charge in [0.05, 0.1) is 6.10 Å². The number of piperazine rings is 1. The summed E-state index contributed by atoms with van der Waals surface area (Å²) in [6, 6.07) is 1.45. The predicted octanol–water partition coefficient (Wildman–Crippen LogP) is 2.55. The van der Waals surface area contributed by atoms with Crippen LogP contribution in [-0.4, -0.2) is 48.3 Å². The number of rotatable bonds is 3. The van der Waals surface area contributed by atoms with Crippen LogP contribution in [0.15, 0.2) is 0 Å². The second-order valence-corrected chi connectivity index (χ2v) is 7.63. The van der Waals surface area contributed by atoms with Crippen LogP contribution in [0.2, 0.25) is 0 Å². The number of ether oxygens (including phenoxy) is 1. The van der Waals surface area contributed by atoms with E-state index < -0.39 is 0 Å². The highest BCUT2D eigenvalue weighted by atomic mass is 16.5. The number of hydrogen-bond donors (Lipinski definition) is 1. The van der Waals surface area contributed by atoms with Gasteiger partial charge in [-0.05, 0) is 44.4 Å². The van der Waals surface area contributed by atoms with Crippen LogP contribution in [0.4, 0.5) is 0 Å². The van der Waals surface area contributed by atoms with E-state index in [0.29, 0.717) is 17.7 Å². The average Bonchev–Trinajstić information content (AvgIpc) is 3.03. The fourth-order valence-corrected chi connectivity index (χ4v) is 4.97. The Kier molecular flexibility index (Phi) is 3.56. The molecule has 0 aromatic heterocycles. The molecule has 1 N–H and O–H groups in total. The fourth-order valence-electron chi connectivity index (χ4n) is 4.97. The lowest BCUT2D eigenvalue weighted by molar-refractivity contribution is -0.00636. The van der Waals surface area contributed by atoms with Gasteiger partial charge in [0, 0.05) is 37.3 Å². The van der Waals surface area contributed by atoms with Gasteiger partial charge >= 0.3 is 0 Å². The minimum Gasteiger partial charge on any atom is -0.376 e. The molecular formula is C17H30N2O. The molecule has 4 fully saturated rings. The third-order valence-corrected chi connectivity index (χ3v) is 6.31. The standard InChI is InChI=1S/C17H30N2O/c1-2-14-11-18-17(8-3-4-9-17)12-19(14)15-7-10-20-16(15)13-5-6-13/h13-16,18H,2-12H2,1H3. The van der Waals surface area contributed by atoms with Crippen molar-refractivity contribution in [2.24, 2.45) is 5.92 Å². The molecule has 4 aliphatic rings. The van der Waals surface area contributed by atoms with Gasteiger partial charge in [-0.2, -0.15) is 0 Å². The number of hydrogen-bond acceptors (Lipinski definition) is 3. The molecule has 3 nitrogen and oxygen atoms in total. The molecule has 1 spiro atoms. The van der Waals surface area contributed by atoms with Crippen LogP contribution in [0, 0.1) is 5.92 Å². The van der Waals surface area contributed by atoms with Crippen molar-refractivity contribution in [2.45, 2.75) is 82.0 Å². The highest BCUT2D eigenvalue weighted by molar-refractivity contribution is 5.05. The quantitative estimate of drug-likeness (QED) is 0.858. The van der Waals surface area contributed by atoms with Gasteiger partial charge in [-0.25, -0.2) is 0 Å². The van der Waals surface area contributed by atoms with E-state index in [1.807, 2.05) is 0 Å². The SMILES string of the molecule is CCC1CNC2(CCCC2)CN1C1CCOC1C1CC1. The van der Waals surface area contributed by atoms with Crippen molar-refractivity contribution in [3.05, 3.63) is 0 Å². The van der Waals surface area contributed by atoms with Crippen molar-refractivity contribution in [1.82, 2.24) is 10.2 Å². The van der Waals surface area contributed by atoms with E-state index in [2.05, 4.69) is 17.1 Å². The first kappa shape index (κ1) is 13.5. The van der Waals surface area contributed by atoms with Crippen molar-refractivity contribution >= 4 is 0 Å². The lowest BCUT2D eigenvalue weighted by atomic mass is 9.89. The second-order valence-electron chi connectivity index (χ2n) is 7.63. The van der Waals surface area contributed by atoms with E-state index in [-0.39, 0.29) is 0 Å². The Morgan fingerprint density at radius 1 is 1.20 bits per heavy atom. The third-order valence-electron chi connectivity index (χ3n) is 6.31. The predicted molar refractivity (Wildman–Crippen MR) is 80.9 cm³/mol. The van der Waals surface area contributed by atoms with Gasteiger partial charge in [0.2, 0.25) is 0 Å². The Balaban J connectivity index is 1.52. The van der Waals surface area contributed by atoms with Gasteiger partial charge in [-0.15, -0.1) is 0 Å². The van der Waals surface area contributed by atoms with Crippen LogP contribution in [0.25, 0.3) is 0 Å². The van der Waals surface area contributed by atoms with Crippen LogP contribution in [0.5, 0.6) is 0 Å². The Hall–Kier alpha value is -0.120. The number of nitrogens with one attached hydrogen (secondary N) is 1. The lowest BCUT2D eigenvalue weighted by Crippen LogP contribution is -2.66. The van der Waals surface area contributed by atoms with Crippen molar-refractivity contribution < 1.29 is 4.74 Å². The van der Waals surface area contributed by atoms with Crippen LogP contribution < -0.4 is 5.32 Å². The first-order valence-electron chi connectivity index (χ1n) is 8.94. The van der Waals surface area contributed by atoms with Crippen molar-refractivity contribution in [3.63, 3.8) is 0 Å². The van der Waals surface area contributed by atoms with Crippen LogP contribution in [0.3, 0.4) is 0 Å². The molecule has 114 valence electrons. The molecule has 3 atom stereocenters. The summed E-state index contributed by atoms with van der Waals surface area (Å²) in [6.07, 6.45) is 11.6. The van der Waals surface area contributed by atoms with Crippen molar-refractivity contribution in [3.8, 4) is 0 Å². The van der Waals surface area contributed by atoms with E-state index in [4.69, 9.17) is 4.74 Å². The molecule has 20 heavy (non-hydrogen) atoms. The molecule has 2 aliphatic heterocycles. The Morgan fingerprint density at radius 2 is 2.00 bits per heavy atom. The molecule has 3 heteroatoms. The maximum atomic E-state index is 6.12. The summed E-state index contributed by atoms with van der Waals surface area (Å²) in [7, 11) is 0. The zero-order valence-corrected chi connectivity index (χ0v) is 12.9. The van der Waals surface area contributed by atoms with Crippen LogP contribution in [0.1, 0.15) is 58.3 Å². The summed E-state index contributed by atoms with van der Waals surface area (Å²) >= 11 is 0. The van der Waals surface area contributed by atoms with E-state index in [0.717, 1.165) is 18.6 Å². The topological polar surface area (TPSA) is 24.5 Å². The summed E-state index contributed by atoms with van der Waals surface area (Å²) in [4.78, 5) is 2.87. The molecule has 2 saturated heterocycles. The second kappa shape index (κ2) is 5.26. The third kappa shape index (κ3) is 2.32. The minimum atomic E-state index is 0.447. The zero-order valence-electron chi connectivity index (χ0n) is 12.9. The molecule has 2 heterocycles. The Morgan fingerprint density at radius 3 is 2.70 bits per heavy atom. The van der Waals surface area contributed by atoms with Gasteiger partial charge in [-0.1, -0.05) is 19.8 Å². The minimum absolute atomic E-state index is 0.447. The zero-order chi connectivity index (χ0) is 13.6. The van der Waals surface area contributed by atoms with Gasteiger partial charge in [0.25, 0.3) is 0 Å². The van der Waals surface area contributed by atoms with Gasteiger partial charge in [-0.3, -0.25) is 4.90 Å². The maximum Gasteiger partial charge on any atom is 0.0759 e. The summed E-state index contributed by atoms with van der Waals surface area (Å²) in [5.41, 5.74) is 0.447. The van der Waals surface area contributed by atoms with Crippen LogP contribution >= 0.6 is 0 Å². The summed E-state index contributed by atoms with van der Waals surface area (Å²) in [5, 5.41) is 3.93. The molecule has 0 aromatic rings. The molecule has 2 saturated carbocycles. The van der Waals surface area contributed by atoms with Gasteiger partial charge in [0.1, 0.15) is 0 Å². The lowest BCUT2D eigenvalue weighted by Gasteiger charge is -2.49. The molecule has 2 aliphatic carbocycles. The smallest absolute Gasteiger partial charge is 0.0759 e. The van der Waals surface area contributed by atoms with Crippen molar-refractivity contribution in [1.29, 1.82) is 0 Å². The summed E-state index contributed by atoms with van der Waals surface area (Å²) < 4.78 is 6.12. The molecule has 3 unspecified atom stereocenters. The molecule has 0 radical (unpaired) electrons. The van der Waals surface area contributed by atoms with Gasteiger partial charge in [0.15, 0.2) is 0 Å². The molecule has 0 aromatic carbocycles. The normalized spacial score (nSPS) is 41.5. The van der Waals surface area contributed by atoms with Crippen LogP contribution in [-0.2, 0) is 4.74 Å². The monoisotopic (exact) mass is 278 g/mol. The Labute approximate surface area is 123 Å². The molecule has 4 rings (SSSR count). The average molecular weight is 278 g/mol. The first-order valence-corrected chi connectivity index (χ1v) is 8.94. The largest absolute Gasteiger partial charge is 0.376 e. The molecular weight excluding hydrogens is 248 g/mol. The first-order chi connectivity index (χ1) is 9.81. The molecule has 0 bridgehead atoms. The maximum absolute atomic E-state index is 6.12. The van der Waals surface area contributed by atoms with Gasteiger partial charge < -0.3 is 10.1 Å². The van der Waals surface area contributed by atoms with E-state index >= 15 is 0 Å². The summed E-state index contributed by atoms with van der Waals surface area (Å²) in [5.74, 6) is 0.884.